The molecule has 0 aromatic rings. The molecule has 3 nitrogen and oxygen atoms in total. The summed E-state index contributed by atoms with van der Waals surface area (Å²) >= 11 is 0. The second kappa shape index (κ2) is 4.30. The summed E-state index contributed by atoms with van der Waals surface area (Å²) in [7, 11) is 0. The summed E-state index contributed by atoms with van der Waals surface area (Å²) in [5, 5.41) is 6.46. The quantitative estimate of drug-likeness (QED) is 0.701. The molecule has 80 valence electrons. The molecule has 0 radical (unpaired) electrons. The maximum atomic E-state index is 11.5. The third kappa shape index (κ3) is 2.47. The lowest BCUT2D eigenvalue weighted by Crippen LogP contribution is -2.31. The maximum absolute atomic E-state index is 11.5. The van der Waals surface area contributed by atoms with Gasteiger partial charge in [0.05, 0.1) is 0 Å². The van der Waals surface area contributed by atoms with Gasteiger partial charge < -0.3 is 10.6 Å². The molecule has 1 aliphatic carbocycles. The van der Waals surface area contributed by atoms with Crippen molar-refractivity contribution in [3.05, 3.63) is 0 Å². The molecule has 14 heavy (non-hydrogen) atoms. The van der Waals surface area contributed by atoms with E-state index in [1.165, 1.54) is 12.8 Å². The first-order valence-electron chi connectivity index (χ1n) is 5.78. The van der Waals surface area contributed by atoms with E-state index in [2.05, 4.69) is 17.6 Å². The van der Waals surface area contributed by atoms with Gasteiger partial charge in [-0.3, -0.25) is 4.79 Å². The van der Waals surface area contributed by atoms with Crippen LogP contribution in [0.4, 0.5) is 0 Å². The molecular weight excluding hydrogens is 176 g/mol. The molecule has 2 rings (SSSR count). The van der Waals surface area contributed by atoms with E-state index in [0.717, 1.165) is 25.9 Å². The van der Waals surface area contributed by atoms with Crippen molar-refractivity contribution >= 4 is 5.91 Å². The Labute approximate surface area is 85.6 Å². The van der Waals surface area contributed by atoms with Crippen molar-refractivity contribution in [2.24, 2.45) is 11.8 Å². The van der Waals surface area contributed by atoms with Gasteiger partial charge in [0.15, 0.2) is 0 Å². The number of nitrogens with one attached hydrogen (secondary N) is 2. The predicted molar refractivity (Wildman–Crippen MR) is 55.9 cm³/mol. The Balaban J connectivity index is 1.56. The molecule has 2 N–H and O–H groups in total. The van der Waals surface area contributed by atoms with Crippen LogP contribution in [0.3, 0.4) is 0 Å². The summed E-state index contributed by atoms with van der Waals surface area (Å²) in [5.74, 6) is 1.22. The molecule has 3 heteroatoms. The van der Waals surface area contributed by atoms with Crippen molar-refractivity contribution in [3.63, 3.8) is 0 Å². The summed E-state index contributed by atoms with van der Waals surface area (Å²) in [4.78, 5) is 11.5. The fourth-order valence-electron chi connectivity index (χ4n) is 2.19. The summed E-state index contributed by atoms with van der Waals surface area (Å²) < 4.78 is 0. The topological polar surface area (TPSA) is 41.1 Å². The van der Waals surface area contributed by atoms with Crippen molar-refractivity contribution in [2.75, 3.05) is 13.1 Å². The van der Waals surface area contributed by atoms with Crippen LogP contribution in [0, 0.1) is 11.8 Å². The SMILES string of the molecule is CC1CC1C(=O)NCC[C@H]1CCCN1. The highest BCUT2D eigenvalue weighted by atomic mass is 16.2. The Kier molecular flexibility index (Phi) is 3.06. The zero-order chi connectivity index (χ0) is 9.97. The van der Waals surface area contributed by atoms with E-state index in [1.807, 2.05) is 0 Å². The monoisotopic (exact) mass is 196 g/mol. The number of rotatable bonds is 4. The Bertz CT molecular complexity index is 211. The van der Waals surface area contributed by atoms with Gasteiger partial charge in [0.1, 0.15) is 0 Å². The molecule has 1 saturated heterocycles. The molecule has 1 amide bonds. The molecular formula is C11H20N2O. The van der Waals surface area contributed by atoms with Gasteiger partial charge in [0.2, 0.25) is 5.91 Å². The molecule has 2 unspecified atom stereocenters. The number of hydrogen-bond acceptors (Lipinski definition) is 2. The lowest BCUT2D eigenvalue weighted by molar-refractivity contribution is -0.122. The van der Waals surface area contributed by atoms with E-state index in [4.69, 9.17) is 0 Å². The third-order valence-corrected chi connectivity index (χ3v) is 3.40. The van der Waals surface area contributed by atoms with Crippen LogP contribution in [0.1, 0.15) is 32.6 Å². The summed E-state index contributed by atoms with van der Waals surface area (Å²) in [6.45, 7) is 4.14. The van der Waals surface area contributed by atoms with Crippen LogP contribution < -0.4 is 10.6 Å². The molecule has 0 bridgehead atoms. The maximum Gasteiger partial charge on any atom is 0.223 e. The highest BCUT2D eigenvalue weighted by molar-refractivity contribution is 5.81. The number of hydrogen-bond donors (Lipinski definition) is 2. The Morgan fingerprint density at radius 1 is 1.57 bits per heavy atom. The normalized spacial score (nSPS) is 35.6. The molecule has 2 aliphatic rings. The van der Waals surface area contributed by atoms with E-state index < -0.39 is 0 Å². The average molecular weight is 196 g/mol. The first-order chi connectivity index (χ1) is 6.77. The second-order valence-electron chi connectivity index (χ2n) is 4.69. The minimum Gasteiger partial charge on any atom is -0.356 e. The number of amides is 1. The highest BCUT2D eigenvalue weighted by Crippen LogP contribution is 2.37. The average Bonchev–Trinajstić information content (AvgIpc) is 2.68. The van der Waals surface area contributed by atoms with E-state index >= 15 is 0 Å². The summed E-state index contributed by atoms with van der Waals surface area (Å²) in [5.41, 5.74) is 0. The minimum atomic E-state index is 0.274. The van der Waals surface area contributed by atoms with Gasteiger partial charge in [-0.25, -0.2) is 0 Å². The van der Waals surface area contributed by atoms with Crippen molar-refractivity contribution in [1.82, 2.24) is 10.6 Å². The fourth-order valence-corrected chi connectivity index (χ4v) is 2.19. The first kappa shape index (κ1) is 9.97. The molecule has 3 atom stereocenters. The van der Waals surface area contributed by atoms with Crippen molar-refractivity contribution in [3.8, 4) is 0 Å². The Hall–Kier alpha value is -0.570. The van der Waals surface area contributed by atoms with Crippen molar-refractivity contribution < 1.29 is 4.79 Å². The second-order valence-corrected chi connectivity index (χ2v) is 4.69. The molecule has 0 spiro atoms. The van der Waals surface area contributed by atoms with Crippen LogP contribution >= 0.6 is 0 Å². The zero-order valence-corrected chi connectivity index (χ0v) is 8.88. The van der Waals surface area contributed by atoms with Gasteiger partial charge in [-0.15, -0.1) is 0 Å². The Morgan fingerprint density at radius 3 is 2.93 bits per heavy atom. The lowest BCUT2D eigenvalue weighted by Gasteiger charge is -2.10. The van der Waals surface area contributed by atoms with E-state index in [1.54, 1.807) is 0 Å². The van der Waals surface area contributed by atoms with Gasteiger partial charge in [-0.2, -0.15) is 0 Å². The Morgan fingerprint density at radius 2 is 2.36 bits per heavy atom. The zero-order valence-electron chi connectivity index (χ0n) is 8.88. The van der Waals surface area contributed by atoms with Crippen molar-refractivity contribution in [1.29, 1.82) is 0 Å². The highest BCUT2D eigenvalue weighted by Gasteiger charge is 2.38. The van der Waals surface area contributed by atoms with Crippen LogP contribution in [-0.4, -0.2) is 25.0 Å². The lowest BCUT2D eigenvalue weighted by atomic mass is 10.1. The number of carbonyl (C=O) groups excluding carboxylic acids is 1. The molecule has 1 saturated carbocycles. The first-order valence-corrected chi connectivity index (χ1v) is 5.78. The minimum absolute atomic E-state index is 0.274. The van der Waals surface area contributed by atoms with E-state index in [0.29, 0.717) is 17.9 Å². The fraction of sp³-hybridized carbons (Fsp3) is 0.909. The third-order valence-electron chi connectivity index (χ3n) is 3.40. The van der Waals surface area contributed by atoms with Gasteiger partial charge >= 0.3 is 0 Å². The van der Waals surface area contributed by atoms with Gasteiger partial charge in [0, 0.05) is 18.5 Å². The van der Waals surface area contributed by atoms with Gasteiger partial charge in [0.25, 0.3) is 0 Å². The largest absolute Gasteiger partial charge is 0.356 e. The van der Waals surface area contributed by atoms with Crippen LogP contribution in [0.5, 0.6) is 0 Å². The standard InChI is InChI=1S/C11H20N2O/c1-8-7-10(8)11(14)13-6-4-9-3-2-5-12-9/h8-10,12H,2-7H2,1H3,(H,13,14)/t8?,9-,10?/m1/s1. The molecule has 0 aromatic heterocycles. The van der Waals surface area contributed by atoms with E-state index in [9.17, 15) is 4.79 Å². The summed E-state index contributed by atoms with van der Waals surface area (Å²) in [6, 6.07) is 0.645. The van der Waals surface area contributed by atoms with Gasteiger partial charge in [-0.1, -0.05) is 6.92 Å². The van der Waals surface area contributed by atoms with E-state index in [-0.39, 0.29) is 5.91 Å². The predicted octanol–water partition coefficient (Wildman–Crippen LogP) is 0.901. The van der Waals surface area contributed by atoms with Crippen LogP contribution in [0.2, 0.25) is 0 Å². The molecule has 0 aromatic carbocycles. The van der Waals surface area contributed by atoms with Gasteiger partial charge in [-0.05, 0) is 38.1 Å². The van der Waals surface area contributed by atoms with Crippen LogP contribution in [0.25, 0.3) is 0 Å². The summed E-state index contributed by atoms with van der Waals surface area (Å²) in [6.07, 6.45) is 4.74. The van der Waals surface area contributed by atoms with Crippen LogP contribution in [-0.2, 0) is 4.79 Å². The molecule has 1 aliphatic heterocycles. The van der Waals surface area contributed by atoms with Crippen LogP contribution in [0.15, 0.2) is 0 Å². The smallest absolute Gasteiger partial charge is 0.223 e. The number of carbonyl (C=O) groups is 1. The molecule has 2 fully saturated rings. The van der Waals surface area contributed by atoms with Crippen molar-refractivity contribution in [2.45, 2.75) is 38.6 Å². The molecule has 1 heterocycles.